The maximum absolute atomic E-state index is 11.8. The summed E-state index contributed by atoms with van der Waals surface area (Å²) in [6.45, 7) is 0. The molecule has 0 saturated heterocycles. The van der Waals surface area contributed by atoms with Crippen molar-refractivity contribution < 1.29 is 4.79 Å². The van der Waals surface area contributed by atoms with Crippen LogP contribution in [0.2, 0.25) is 5.02 Å². The molecule has 6 heteroatoms. The first-order valence-corrected chi connectivity index (χ1v) is 5.15. The minimum Gasteiger partial charge on any atom is -0.328 e. The molecule has 2 rings (SSSR count). The number of anilines is 1. The largest absolute Gasteiger partial charge is 0.328 e. The van der Waals surface area contributed by atoms with Gasteiger partial charge in [-0.15, -0.1) is 0 Å². The van der Waals surface area contributed by atoms with E-state index in [0.717, 1.165) is 0 Å². The molecule has 0 spiro atoms. The number of hydrogen-bond donors (Lipinski definition) is 2. The Labute approximate surface area is 101 Å². The molecule has 0 aliphatic rings. The Bertz CT molecular complexity index is 609. The molecule has 2 heterocycles. The van der Waals surface area contributed by atoms with E-state index in [0.29, 0.717) is 10.7 Å². The number of carbonyl (C=O) groups excluding carboxylic acids is 1. The number of carbonyl (C=O) groups is 1. The number of aromatic nitrogens is 2. The zero-order valence-electron chi connectivity index (χ0n) is 8.61. The van der Waals surface area contributed by atoms with E-state index in [-0.39, 0.29) is 5.56 Å². The highest BCUT2D eigenvalue weighted by Gasteiger charge is 2.11. The number of nitrogens with one attached hydrogen (secondary N) is 2. The number of H-pyrrole nitrogens is 1. The summed E-state index contributed by atoms with van der Waals surface area (Å²) in [5, 5.41) is 2.88. The van der Waals surface area contributed by atoms with Gasteiger partial charge in [-0.25, -0.2) is 0 Å². The lowest BCUT2D eigenvalue weighted by molar-refractivity contribution is 0.102. The lowest BCUT2D eigenvalue weighted by Crippen LogP contribution is -2.22. The first-order chi connectivity index (χ1) is 8.18. The fraction of sp³-hybridized carbons (Fsp3) is 0. The van der Waals surface area contributed by atoms with E-state index in [9.17, 15) is 9.59 Å². The Kier molecular flexibility index (Phi) is 3.20. The predicted octanol–water partition coefficient (Wildman–Crippen LogP) is 1.68. The molecule has 2 aromatic heterocycles. The Morgan fingerprint density at radius 2 is 2.24 bits per heavy atom. The minimum atomic E-state index is -0.526. The average molecular weight is 250 g/mol. The van der Waals surface area contributed by atoms with E-state index in [1.807, 2.05) is 0 Å². The van der Waals surface area contributed by atoms with Crippen molar-refractivity contribution in [2.45, 2.75) is 0 Å². The lowest BCUT2D eigenvalue weighted by Gasteiger charge is -2.05. The third-order valence-corrected chi connectivity index (χ3v) is 2.41. The van der Waals surface area contributed by atoms with Crippen molar-refractivity contribution in [3.63, 3.8) is 0 Å². The van der Waals surface area contributed by atoms with Crippen molar-refractivity contribution >= 4 is 23.2 Å². The Morgan fingerprint density at radius 1 is 1.41 bits per heavy atom. The number of nitrogens with zero attached hydrogens (tertiary/aromatic N) is 1. The summed E-state index contributed by atoms with van der Waals surface area (Å²) in [5.74, 6) is -0.526. The SMILES string of the molecule is O=C(Nc1cnccc1Cl)c1ccc[nH]c1=O. The average Bonchev–Trinajstić information content (AvgIpc) is 2.32. The van der Waals surface area contributed by atoms with E-state index >= 15 is 0 Å². The van der Waals surface area contributed by atoms with Gasteiger partial charge in [0.25, 0.3) is 11.5 Å². The van der Waals surface area contributed by atoms with Gasteiger partial charge in [-0.05, 0) is 18.2 Å². The van der Waals surface area contributed by atoms with Crippen LogP contribution in [-0.4, -0.2) is 15.9 Å². The molecule has 0 fully saturated rings. The summed E-state index contributed by atoms with van der Waals surface area (Å²) in [4.78, 5) is 29.4. The molecule has 0 aliphatic carbocycles. The number of pyridine rings is 2. The molecule has 2 N–H and O–H groups in total. The minimum absolute atomic E-state index is 0.0208. The number of hydrogen-bond acceptors (Lipinski definition) is 3. The number of amides is 1. The molecule has 0 aromatic carbocycles. The molecule has 2 aromatic rings. The van der Waals surface area contributed by atoms with Gasteiger partial charge in [0.2, 0.25) is 0 Å². The summed E-state index contributed by atoms with van der Waals surface area (Å²) >= 11 is 5.85. The topological polar surface area (TPSA) is 74.8 Å². The first-order valence-electron chi connectivity index (χ1n) is 4.77. The maximum Gasteiger partial charge on any atom is 0.261 e. The summed E-state index contributed by atoms with van der Waals surface area (Å²) < 4.78 is 0. The second kappa shape index (κ2) is 4.80. The molecule has 0 bridgehead atoms. The summed E-state index contributed by atoms with van der Waals surface area (Å²) in [6, 6.07) is 4.55. The van der Waals surface area contributed by atoms with Crippen molar-refractivity contribution in [3.8, 4) is 0 Å². The maximum atomic E-state index is 11.8. The van der Waals surface area contributed by atoms with Crippen LogP contribution < -0.4 is 10.9 Å². The molecular formula is C11H8ClN3O2. The first kappa shape index (κ1) is 11.3. The predicted molar refractivity (Wildman–Crippen MR) is 64.3 cm³/mol. The van der Waals surface area contributed by atoms with Gasteiger partial charge >= 0.3 is 0 Å². The van der Waals surface area contributed by atoms with Crippen molar-refractivity contribution in [1.29, 1.82) is 0 Å². The zero-order valence-corrected chi connectivity index (χ0v) is 9.36. The van der Waals surface area contributed by atoms with Gasteiger partial charge in [0, 0.05) is 12.4 Å². The molecule has 5 nitrogen and oxygen atoms in total. The molecule has 17 heavy (non-hydrogen) atoms. The van der Waals surface area contributed by atoms with Gasteiger partial charge in [0.1, 0.15) is 5.56 Å². The third-order valence-electron chi connectivity index (χ3n) is 2.08. The van der Waals surface area contributed by atoms with Crippen LogP contribution in [0.5, 0.6) is 0 Å². The van der Waals surface area contributed by atoms with Gasteiger partial charge in [0.15, 0.2) is 0 Å². The van der Waals surface area contributed by atoms with E-state index in [2.05, 4.69) is 15.3 Å². The fourth-order valence-electron chi connectivity index (χ4n) is 1.26. The normalized spacial score (nSPS) is 9.94. The van der Waals surface area contributed by atoms with E-state index in [1.54, 1.807) is 12.1 Å². The fourth-order valence-corrected chi connectivity index (χ4v) is 1.41. The number of aromatic amines is 1. The van der Waals surface area contributed by atoms with Crippen LogP contribution in [0.1, 0.15) is 10.4 Å². The van der Waals surface area contributed by atoms with Crippen LogP contribution in [0.15, 0.2) is 41.6 Å². The summed E-state index contributed by atoms with van der Waals surface area (Å²) in [7, 11) is 0. The van der Waals surface area contributed by atoms with Crippen molar-refractivity contribution in [1.82, 2.24) is 9.97 Å². The van der Waals surface area contributed by atoms with Crippen LogP contribution in [0.4, 0.5) is 5.69 Å². The van der Waals surface area contributed by atoms with Gasteiger partial charge in [-0.2, -0.15) is 0 Å². The second-order valence-electron chi connectivity index (χ2n) is 3.22. The number of halogens is 1. The Balaban J connectivity index is 2.27. The molecular weight excluding hydrogens is 242 g/mol. The zero-order chi connectivity index (χ0) is 12.3. The van der Waals surface area contributed by atoms with Gasteiger partial charge in [-0.1, -0.05) is 11.6 Å². The highest BCUT2D eigenvalue weighted by atomic mass is 35.5. The van der Waals surface area contributed by atoms with Gasteiger partial charge < -0.3 is 10.3 Å². The standard InChI is InChI=1S/C11H8ClN3O2/c12-8-3-5-13-6-9(8)15-11(17)7-2-1-4-14-10(7)16/h1-6H,(H,14,16)(H,15,17). The van der Waals surface area contributed by atoms with Crippen molar-refractivity contribution in [2.24, 2.45) is 0 Å². The highest BCUT2D eigenvalue weighted by Crippen LogP contribution is 2.19. The van der Waals surface area contributed by atoms with E-state index in [1.165, 1.54) is 24.7 Å². The summed E-state index contributed by atoms with van der Waals surface area (Å²) in [5.41, 5.74) is -0.0696. The van der Waals surface area contributed by atoms with E-state index < -0.39 is 11.5 Å². The van der Waals surface area contributed by atoms with Crippen LogP contribution in [0.25, 0.3) is 0 Å². The quantitative estimate of drug-likeness (QED) is 0.850. The smallest absolute Gasteiger partial charge is 0.261 e. The molecule has 0 unspecified atom stereocenters. The van der Waals surface area contributed by atoms with Crippen LogP contribution in [-0.2, 0) is 0 Å². The molecule has 86 valence electrons. The molecule has 0 atom stereocenters. The van der Waals surface area contributed by atoms with Gasteiger partial charge in [0.05, 0.1) is 16.9 Å². The Morgan fingerprint density at radius 3 is 2.94 bits per heavy atom. The number of rotatable bonds is 2. The lowest BCUT2D eigenvalue weighted by atomic mass is 10.2. The highest BCUT2D eigenvalue weighted by molar-refractivity contribution is 6.33. The molecule has 0 saturated carbocycles. The van der Waals surface area contributed by atoms with E-state index in [4.69, 9.17) is 11.6 Å². The van der Waals surface area contributed by atoms with Crippen LogP contribution in [0.3, 0.4) is 0 Å². The second-order valence-corrected chi connectivity index (χ2v) is 3.63. The van der Waals surface area contributed by atoms with Crippen LogP contribution in [0, 0.1) is 0 Å². The van der Waals surface area contributed by atoms with Crippen molar-refractivity contribution in [2.75, 3.05) is 5.32 Å². The van der Waals surface area contributed by atoms with Crippen molar-refractivity contribution in [3.05, 3.63) is 57.7 Å². The summed E-state index contributed by atoms with van der Waals surface area (Å²) in [6.07, 6.45) is 4.38. The van der Waals surface area contributed by atoms with Crippen LogP contribution >= 0.6 is 11.6 Å². The molecule has 0 aliphatic heterocycles. The third kappa shape index (κ3) is 2.51. The monoisotopic (exact) mass is 249 g/mol. The molecule has 0 radical (unpaired) electrons. The van der Waals surface area contributed by atoms with Gasteiger partial charge in [-0.3, -0.25) is 14.6 Å². The molecule has 1 amide bonds. The Hall–Kier alpha value is -2.14.